The van der Waals surface area contributed by atoms with Crippen LogP contribution < -0.4 is 0 Å². The van der Waals surface area contributed by atoms with Crippen molar-refractivity contribution in [2.45, 2.75) is 18.6 Å². The van der Waals surface area contributed by atoms with Crippen molar-refractivity contribution < 1.29 is 19.7 Å². The maximum absolute atomic E-state index is 10.9. The van der Waals surface area contributed by atoms with Crippen LogP contribution in [0.3, 0.4) is 0 Å². The number of nitrogens with zero attached hydrogens (tertiary/aromatic N) is 2. The van der Waals surface area contributed by atoms with E-state index in [0.717, 1.165) is 0 Å². The van der Waals surface area contributed by atoms with Gasteiger partial charge in [-0.1, -0.05) is 0 Å². The number of pyridine rings is 1. The van der Waals surface area contributed by atoms with E-state index in [9.17, 15) is 15.0 Å². The molecule has 0 spiro atoms. The number of methoxy groups -OCH3 is 1. The fraction of sp³-hybridized carbons (Fsp3) is 0.364. The highest BCUT2D eigenvalue weighted by molar-refractivity contribution is 5.69. The van der Waals surface area contributed by atoms with Crippen LogP contribution in [0.15, 0.2) is 18.3 Å². The molecule has 6 nitrogen and oxygen atoms in total. The molecular formula is C11H12N2O4. The van der Waals surface area contributed by atoms with Crippen molar-refractivity contribution in [3.8, 4) is 6.07 Å². The molecule has 2 N–H and O–H groups in total. The van der Waals surface area contributed by atoms with Crippen LogP contribution in [-0.4, -0.2) is 34.4 Å². The van der Waals surface area contributed by atoms with Crippen LogP contribution in [0.1, 0.15) is 23.8 Å². The first-order valence-corrected chi connectivity index (χ1v) is 4.88. The lowest BCUT2D eigenvalue weighted by Crippen LogP contribution is -2.24. The number of nitriles is 1. The molecule has 0 aliphatic heterocycles. The third-order valence-electron chi connectivity index (χ3n) is 2.21. The molecule has 6 heteroatoms. The van der Waals surface area contributed by atoms with E-state index in [4.69, 9.17) is 5.26 Å². The molecular weight excluding hydrogens is 224 g/mol. The van der Waals surface area contributed by atoms with Crippen LogP contribution in [0.5, 0.6) is 0 Å². The predicted octanol–water partition coefficient (Wildman–Crippen LogP) is -0.0893. The predicted molar refractivity (Wildman–Crippen MR) is 56.6 cm³/mol. The van der Waals surface area contributed by atoms with Gasteiger partial charge < -0.3 is 14.9 Å². The number of carbonyl (C=O) groups is 1. The second-order valence-corrected chi connectivity index (χ2v) is 3.34. The number of esters is 1. The summed E-state index contributed by atoms with van der Waals surface area (Å²) in [5.74, 6) is -0.647. The minimum atomic E-state index is -1.40. The molecule has 0 radical (unpaired) electrons. The van der Waals surface area contributed by atoms with Crippen molar-refractivity contribution in [3.63, 3.8) is 0 Å². The summed E-state index contributed by atoms with van der Waals surface area (Å²) in [6.07, 6.45) is -1.72. The van der Waals surface area contributed by atoms with Gasteiger partial charge in [0, 0.05) is 6.20 Å². The largest absolute Gasteiger partial charge is 0.469 e. The number of aliphatic hydroxyl groups excluding tert-OH is 2. The Morgan fingerprint density at radius 3 is 2.94 bits per heavy atom. The third kappa shape index (κ3) is 3.24. The molecule has 1 heterocycles. The van der Waals surface area contributed by atoms with Gasteiger partial charge >= 0.3 is 5.97 Å². The maximum Gasteiger partial charge on any atom is 0.308 e. The first-order chi connectivity index (χ1) is 8.10. The summed E-state index contributed by atoms with van der Waals surface area (Å²) < 4.78 is 4.37. The van der Waals surface area contributed by atoms with Gasteiger partial charge in [0.15, 0.2) is 0 Å². The van der Waals surface area contributed by atoms with Gasteiger partial charge in [0.05, 0.1) is 30.9 Å². The average Bonchev–Trinajstić information content (AvgIpc) is 2.37. The van der Waals surface area contributed by atoms with Crippen molar-refractivity contribution in [1.29, 1.82) is 5.26 Å². The average molecular weight is 236 g/mol. The number of aliphatic hydroxyl groups is 2. The van der Waals surface area contributed by atoms with Crippen molar-refractivity contribution in [2.24, 2.45) is 0 Å². The maximum atomic E-state index is 10.9. The molecule has 0 saturated carbocycles. The van der Waals surface area contributed by atoms with Crippen LogP contribution in [-0.2, 0) is 9.53 Å². The molecule has 2 unspecified atom stereocenters. The second kappa shape index (κ2) is 5.94. The number of carbonyl (C=O) groups excluding carboxylic acids is 1. The molecule has 1 aromatic heterocycles. The zero-order valence-electron chi connectivity index (χ0n) is 9.20. The lowest BCUT2D eigenvalue weighted by Gasteiger charge is -2.16. The fourth-order valence-corrected chi connectivity index (χ4v) is 1.30. The van der Waals surface area contributed by atoms with E-state index in [1.165, 1.54) is 19.4 Å². The normalized spacial score (nSPS) is 13.5. The number of ether oxygens (including phenoxy) is 1. The summed E-state index contributed by atoms with van der Waals surface area (Å²) in [7, 11) is 1.18. The summed E-state index contributed by atoms with van der Waals surface area (Å²) in [6, 6.07) is 4.86. The molecule has 0 fully saturated rings. The fourth-order valence-electron chi connectivity index (χ4n) is 1.30. The van der Waals surface area contributed by atoms with Gasteiger partial charge in [-0.05, 0) is 12.1 Å². The molecule has 90 valence electrons. The Hall–Kier alpha value is -1.97. The van der Waals surface area contributed by atoms with Crippen molar-refractivity contribution in [3.05, 3.63) is 29.6 Å². The number of rotatable bonds is 4. The molecule has 2 atom stereocenters. The Balaban J connectivity index is 2.85. The van der Waals surface area contributed by atoms with Crippen LogP contribution in [0.25, 0.3) is 0 Å². The van der Waals surface area contributed by atoms with Gasteiger partial charge in [0.1, 0.15) is 12.2 Å². The van der Waals surface area contributed by atoms with E-state index >= 15 is 0 Å². The molecule has 0 bridgehead atoms. The highest BCUT2D eigenvalue weighted by Gasteiger charge is 2.24. The van der Waals surface area contributed by atoms with E-state index in [1.807, 2.05) is 6.07 Å². The Morgan fingerprint density at radius 2 is 2.35 bits per heavy atom. The summed E-state index contributed by atoms with van der Waals surface area (Å²) in [5, 5.41) is 28.2. The molecule has 1 aromatic rings. The van der Waals surface area contributed by atoms with E-state index in [-0.39, 0.29) is 17.7 Å². The highest BCUT2D eigenvalue weighted by atomic mass is 16.5. The summed E-state index contributed by atoms with van der Waals surface area (Å²) in [5.41, 5.74) is 0.204. The van der Waals surface area contributed by atoms with Crippen LogP contribution >= 0.6 is 0 Å². The number of hydrogen-bond donors (Lipinski definition) is 2. The summed E-state index contributed by atoms with van der Waals surface area (Å²) >= 11 is 0. The lowest BCUT2D eigenvalue weighted by atomic mass is 10.0. The standard InChI is InChI=1S/C11H12N2O4/c1-17-9(15)5-8(14)11(16)10-7(6-12)3-2-4-13-10/h2-4,8,11,14,16H,5H2,1H3. The molecule has 17 heavy (non-hydrogen) atoms. The minimum absolute atomic E-state index is 0.0476. The summed E-state index contributed by atoms with van der Waals surface area (Å²) in [6.45, 7) is 0. The van der Waals surface area contributed by atoms with E-state index < -0.39 is 18.2 Å². The van der Waals surface area contributed by atoms with Gasteiger partial charge in [-0.15, -0.1) is 0 Å². The van der Waals surface area contributed by atoms with Gasteiger partial charge in [-0.2, -0.15) is 5.26 Å². The number of aromatic nitrogens is 1. The van der Waals surface area contributed by atoms with E-state index in [1.54, 1.807) is 6.07 Å². The van der Waals surface area contributed by atoms with E-state index in [0.29, 0.717) is 0 Å². The molecule has 0 aliphatic carbocycles. The van der Waals surface area contributed by atoms with Crippen molar-refractivity contribution in [2.75, 3.05) is 7.11 Å². The lowest BCUT2D eigenvalue weighted by molar-refractivity contribution is -0.144. The third-order valence-corrected chi connectivity index (χ3v) is 2.21. The Labute approximate surface area is 98.1 Å². The Kier molecular flexibility index (Phi) is 4.57. The molecule has 0 amide bonds. The Morgan fingerprint density at radius 1 is 1.65 bits per heavy atom. The zero-order valence-corrected chi connectivity index (χ0v) is 9.20. The van der Waals surface area contributed by atoms with Gasteiger partial charge in [-0.3, -0.25) is 9.78 Å². The summed E-state index contributed by atoms with van der Waals surface area (Å²) in [4.78, 5) is 14.8. The zero-order chi connectivity index (χ0) is 12.8. The Bertz CT molecular complexity index is 441. The molecule has 0 aromatic carbocycles. The van der Waals surface area contributed by atoms with Crippen molar-refractivity contribution in [1.82, 2.24) is 4.98 Å². The first-order valence-electron chi connectivity index (χ1n) is 4.88. The van der Waals surface area contributed by atoms with Gasteiger partial charge in [0.25, 0.3) is 0 Å². The van der Waals surface area contributed by atoms with Crippen LogP contribution in [0, 0.1) is 11.3 Å². The SMILES string of the molecule is COC(=O)CC(O)C(O)c1ncccc1C#N. The topological polar surface area (TPSA) is 103 Å². The quantitative estimate of drug-likeness (QED) is 0.708. The minimum Gasteiger partial charge on any atom is -0.469 e. The van der Waals surface area contributed by atoms with Crippen LogP contribution in [0.4, 0.5) is 0 Å². The smallest absolute Gasteiger partial charge is 0.308 e. The van der Waals surface area contributed by atoms with E-state index in [2.05, 4.69) is 9.72 Å². The monoisotopic (exact) mass is 236 g/mol. The second-order valence-electron chi connectivity index (χ2n) is 3.34. The molecule has 1 rings (SSSR count). The highest BCUT2D eigenvalue weighted by Crippen LogP contribution is 2.20. The number of hydrogen-bond acceptors (Lipinski definition) is 6. The van der Waals surface area contributed by atoms with Gasteiger partial charge in [0.2, 0.25) is 0 Å². The van der Waals surface area contributed by atoms with Crippen LogP contribution in [0.2, 0.25) is 0 Å². The first kappa shape index (κ1) is 13.1. The van der Waals surface area contributed by atoms with Crippen molar-refractivity contribution >= 4 is 5.97 Å². The molecule has 0 saturated heterocycles. The molecule has 0 aliphatic rings. The van der Waals surface area contributed by atoms with Gasteiger partial charge in [-0.25, -0.2) is 0 Å².